The summed E-state index contributed by atoms with van der Waals surface area (Å²) in [6.07, 6.45) is 1.70. The van der Waals surface area contributed by atoms with Crippen LogP contribution in [0.3, 0.4) is 0 Å². The first-order valence-corrected chi connectivity index (χ1v) is 6.45. The number of pyridine rings is 1. The average Bonchev–Trinajstić information content (AvgIpc) is 3.16. The van der Waals surface area contributed by atoms with Crippen LogP contribution in [-0.4, -0.2) is 20.2 Å². The van der Waals surface area contributed by atoms with Crippen molar-refractivity contribution < 1.29 is 4.42 Å². The summed E-state index contributed by atoms with van der Waals surface area (Å²) in [6, 6.07) is 7.73. The molecule has 104 valence electrons. The van der Waals surface area contributed by atoms with Gasteiger partial charge in [0.25, 0.3) is 0 Å². The van der Waals surface area contributed by atoms with Crippen molar-refractivity contribution in [1.29, 1.82) is 0 Å². The highest BCUT2D eigenvalue weighted by Gasteiger charge is 2.14. The minimum Gasteiger partial charge on any atom is -0.438 e. The lowest BCUT2D eigenvalue weighted by molar-refractivity contribution is 0.535. The van der Waals surface area contributed by atoms with E-state index in [-0.39, 0.29) is 6.54 Å². The number of fused-ring (bicyclic) bond motifs is 3. The first-order valence-electron chi connectivity index (χ1n) is 6.45. The van der Waals surface area contributed by atoms with Crippen molar-refractivity contribution in [2.45, 2.75) is 6.54 Å². The summed E-state index contributed by atoms with van der Waals surface area (Å²) < 4.78 is 5.67. The molecule has 0 aliphatic heterocycles. The van der Waals surface area contributed by atoms with Gasteiger partial charge in [-0.3, -0.25) is 5.10 Å². The van der Waals surface area contributed by atoms with Crippen molar-refractivity contribution in [1.82, 2.24) is 20.2 Å². The van der Waals surface area contributed by atoms with Crippen molar-refractivity contribution in [3.63, 3.8) is 0 Å². The Bertz CT molecular complexity index is 941. The molecule has 0 radical (unpaired) electrons. The maximum atomic E-state index is 5.96. The second kappa shape index (κ2) is 4.29. The van der Waals surface area contributed by atoms with Gasteiger partial charge in [-0.15, -0.1) is 0 Å². The predicted octanol–water partition coefficient (Wildman–Crippen LogP) is 1.81. The zero-order valence-corrected chi connectivity index (χ0v) is 11.0. The normalized spacial score (nSPS) is 11.5. The number of benzene rings is 1. The topological polar surface area (TPSA) is 120 Å². The number of H-pyrrole nitrogens is 1. The third kappa shape index (κ3) is 1.75. The molecule has 0 bridgehead atoms. The van der Waals surface area contributed by atoms with Crippen LogP contribution in [0.4, 0.5) is 5.82 Å². The number of rotatable bonds is 2. The van der Waals surface area contributed by atoms with Crippen LogP contribution in [0.5, 0.6) is 0 Å². The molecule has 4 rings (SSSR count). The first-order chi connectivity index (χ1) is 10.3. The lowest BCUT2D eigenvalue weighted by atomic mass is 10.1. The fourth-order valence-electron chi connectivity index (χ4n) is 2.39. The monoisotopic (exact) mass is 280 g/mol. The molecule has 7 heteroatoms. The van der Waals surface area contributed by atoms with E-state index in [1.165, 1.54) is 0 Å². The van der Waals surface area contributed by atoms with E-state index >= 15 is 0 Å². The van der Waals surface area contributed by atoms with E-state index in [1.54, 1.807) is 6.20 Å². The molecule has 1 aromatic carbocycles. The van der Waals surface area contributed by atoms with Crippen molar-refractivity contribution in [2.24, 2.45) is 5.73 Å². The Kier molecular flexibility index (Phi) is 2.42. The third-order valence-electron chi connectivity index (χ3n) is 3.38. The third-order valence-corrected chi connectivity index (χ3v) is 3.38. The van der Waals surface area contributed by atoms with Crippen LogP contribution >= 0.6 is 0 Å². The molecular weight excluding hydrogens is 268 g/mol. The number of anilines is 1. The summed E-state index contributed by atoms with van der Waals surface area (Å²) in [7, 11) is 0. The summed E-state index contributed by atoms with van der Waals surface area (Å²) in [4.78, 5) is 8.66. The van der Waals surface area contributed by atoms with Gasteiger partial charge in [0.2, 0.25) is 5.89 Å². The molecule has 0 aliphatic rings. The molecule has 0 atom stereocenters. The van der Waals surface area contributed by atoms with Crippen LogP contribution in [0, 0.1) is 0 Å². The Balaban J connectivity index is 2.02. The van der Waals surface area contributed by atoms with Gasteiger partial charge in [0.1, 0.15) is 0 Å². The summed E-state index contributed by atoms with van der Waals surface area (Å²) in [5.74, 6) is 0.784. The molecule has 21 heavy (non-hydrogen) atoms. The summed E-state index contributed by atoms with van der Waals surface area (Å²) >= 11 is 0. The number of nitrogens with one attached hydrogen (secondary N) is 1. The highest BCUT2D eigenvalue weighted by molar-refractivity contribution is 6.05. The minimum absolute atomic E-state index is 0.224. The molecule has 0 aliphatic carbocycles. The van der Waals surface area contributed by atoms with Gasteiger partial charge in [-0.25, -0.2) is 9.97 Å². The Morgan fingerprint density at radius 3 is 2.86 bits per heavy atom. The van der Waals surface area contributed by atoms with E-state index in [0.717, 1.165) is 22.2 Å². The molecule has 5 N–H and O–H groups in total. The van der Waals surface area contributed by atoms with Gasteiger partial charge in [-0.1, -0.05) is 6.07 Å². The molecule has 0 spiro atoms. The molecule has 0 unspecified atom stereocenters. The average molecular weight is 280 g/mol. The number of nitrogens with zero attached hydrogens (tertiary/aromatic N) is 3. The van der Waals surface area contributed by atoms with Crippen molar-refractivity contribution in [3.05, 3.63) is 36.4 Å². The summed E-state index contributed by atoms with van der Waals surface area (Å²) in [6.45, 7) is 0.224. The molecule has 4 aromatic rings. The summed E-state index contributed by atoms with van der Waals surface area (Å²) in [5.41, 5.74) is 15.3. The number of aromatic nitrogens is 4. The van der Waals surface area contributed by atoms with Gasteiger partial charge in [-0.05, 0) is 18.2 Å². The molecule has 7 nitrogen and oxygen atoms in total. The standard InChI is InChI=1S/C14H12N6O/c15-6-11-19-12-13(21-11)8-2-1-7(9-3-4-17-20-9)5-10(8)18-14(12)16/h1-5H,6,15H2,(H2,16,18)(H,17,20). The number of oxazole rings is 1. The molecule has 0 amide bonds. The van der Waals surface area contributed by atoms with Crippen LogP contribution in [0.1, 0.15) is 5.89 Å². The largest absolute Gasteiger partial charge is 0.438 e. The summed E-state index contributed by atoms with van der Waals surface area (Å²) in [5, 5.41) is 7.73. The van der Waals surface area contributed by atoms with Gasteiger partial charge < -0.3 is 15.9 Å². The molecule has 3 heterocycles. The minimum atomic E-state index is 0.224. The lowest BCUT2D eigenvalue weighted by Gasteiger charge is -2.03. The maximum Gasteiger partial charge on any atom is 0.209 e. The number of nitrogens with two attached hydrogens (primary N) is 2. The van der Waals surface area contributed by atoms with Gasteiger partial charge in [0, 0.05) is 17.1 Å². The SMILES string of the molecule is NCc1nc2c(N)nc3cc(-c4ccn[nH]4)ccc3c2o1. The lowest BCUT2D eigenvalue weighted by Crippen LogP contribution is -1.96. The zero-order chi connectivity index (χ0) is 14.4. The highest BCUT2D eigenvalue weighted by Crippen LogP contribution is 2.30. The van der Waals surface area contributed by atoms with E-state index in [9.17, 15) is 0 Å². The Morgan fingerprint density at radius 1 is 1.19 bits per heavy atom. The number of aromatic amines is 1. The second-order valence-electron chi connectivity index (χ2n) is 4.69. The van der Waals surface area contributed by atoms with Gasteiger partial charge in [0.15, 0.2) is 16.9 Å². The first kappa shape index (κ1) is 11.9. The zero-order valence-electron chi connectivity index (χ0n) is 11.0. The molecule has 0 saturated carbocycles. The van der Waals surface area contributed by atoms with E-state index in [1.807, 2.05) is 24.3 Å². The Morgan fingerprint density at radius 2 is 2.10 bits per heavy atom. The van der Waals surface area contributed by atoms with Crippen LogP contribution in [-0.2, 0) is 6.54 Å². The molecule has 0 saturated heterocycles. The fourth-order valence-corrected chi connectivity index (χ4v) is 2.39. The van der Waals surface area contributed by atoms with Gasteiger partial charge >= 0.3 is 0 Å². The number of hydrogen-bond acceptors (Lipinski definition) is 6. The van der Waals surface area contributed by atoms with Crippen molar-refractivity contribution in [3.8, 4) is 11.3 Å². The quantitative estimate of drug-likeness (QED) is 0.515. The van der Waals surface area contributed by atoms with E-state index in [2.05, 4.69) is 20.2 Å². The van der Waals surface area contributed by atoms with Gasteiger partial charge in [0.05, 0.1) is 17.8 Å². The molecular formula is C14H12N6O. The smallest absolute Gasteiger partial charge is 0.209 e. The van der Waals surface area contributed by atoms with E-state index in [4.69, 9.17) is 15.9 Å². The number of hydrogen-bond donors (Lipinski definition) is 3. The van der Waals surface area contributed by atoms with Gasteiger partial charge in [-0.2, -0.15) is 5.10 Å². The predicted molar refractivity (Wildman–Crippen MR) is 79.2 cm³/mol. The van der Waals surface area contributed by atoms with Crippen LogP contribution in [0.25, 0.3) is 33.3 Å². The second-order valence-corrected chi connectivity index (χ2v) is 4.69. The van der Waals surface area contributed by atoms with E-state index < -0.39 is 0 Å². The van der Waals surface area contributed by atoms with E-state index in [0.29, 0.717) is 22.8 Å². The van der Waals surface area contributed by atoms with Crippen LogP contribution < -0.4 is 11.5 Å². The Hall–Kier alpha value is -2.93. The number of nitrogen functional groups attached to an aromatic ring is 1. The highest BCUT2D eigenvalue weighted by atomic mass is 16.3. The fraction of sp³-hybridized carbons (Fsp3) is 0.0714. The van der Waals surface area contributed by atoms with Crippen LogP contribution in [0.15, 0.2) is 34.9 Å². The molecule has 0 fully saturated rings. The molecule has 3 aromatic heterocycles. The van der Waals surface area contributed by atoms with Crippen LogP contribution in [0.2, 0.25) is 0 Å². The Labute approximate surface area is 119 Å². The van der Waals surface area contributed by atoms with Crippen molar-refractivity contribution >= 4 is 27.8 Å². The van der Waals surface area contributed by atoms with Crippen molar-refractivity contribution in [2.75, 3.05) is 5.73 Å². The maximum absolute atomic E-state index is 5.96.